The van der Waals surface area contributed by atoms with Crippen molar-refractivity contribution in [1.82, 2.24) is 4.90 Å². The molecule has 1 aliphatic rings. The van der Waals surface area contributed by atoms with Gasteiger partial charge in [-0.15, -0.1) is 0 Å². The van der Waals surface area contributed by atoms with Gasteiger partial charge in [-0.25, -0.2) is 0 Å². The molecule has 4 nitrogen and oxygen atoms in total. The van der Waals surface area contributed by atoms with Crippen LogP contribution in [0, 0.1) is 6.92 Å². The number of rotatable bonds is 6. The summed E-state index contributed by atoms with van der Waals surface area (Å²) in [4.78, 5) is 27.6. The molecule has 1 heterocycles. The summed E-state index contributed by atoms with van der Waals surface area (Å²) in [5.74, 6) is 0.390. The third kappa shape index (κ3) is 5.28. The molecule has 0 aliphatic carbocycles. The van der Waals surface area contributed by atoms with Crippen molar-refractivity contribution in [2.75, 3.05) is 0 Å². The van der Waals surface area contributed by atoms with Crippen molar-refractivity contribution in [2.45, 2.75) is 20.1 Å². The molecule has 5 rings (SSSR count). The number of carbonyl (C=O) groups excluding carboxylic acids is 2. The van der Waals surface area contributed by atoms with Crippen LogP contribution in [0.25, 0.3) is 16.8 Å². The highest BCUT2D eigenvalue weighted by atomic mass is 79.9. The van der Waals surface area contributed by atoms with E-state index >= 15 is 0 Å². The highest BCUT2D eigenvalue weighted by Crippen LogP contribution is 2.38. The first-order valence-corrected chi connectivity index (χ1v) is 13.7. The van der Waals surface area contributed by atoms with E-state index < -0.39 is 0 Å². The Morgan fingerprint density at radius 2 is 1.61 bits per heavy atom. The Labute approximate surface area is 230 Å². The van der Waals surface area contributed by atoms with Crippen molar-refractivity contribution in [2.24, 2.45) is 0 Å². The Kier molecular flexibility index (Phi) is 7.32. The molecule has 4 aromatic carbocycles. The molecule has 1 fully saturated rings. The monoisotopic (exact) mass is 621 g/mol. The van der Waals surface area contributed by atoms with Crippen LogP contribution < -0.4 is 4.74 Å². The molecule has 2 amide bonds. The number of imide groups is 1. The molecule has 36 heavy (non-hydrogen) atoms. The first-order valence-electron chi connectivity index (χ1n) is 11.3. The van der Waals surface area contributed by atoms with Gasteiger partial charge in [0.2, 0.25) is 0 Å². The number of nitrogens with zero attached hydrogens (tertiary/aromatic N) is 1. The van der Waals surface area contributed by atoms with Crippen molar-refractivity contribution in [3.63, 3.8) is 0 Å². The Balaban J connectivity index is 1.34. The molecular formula is C29H21Br2NO3S. The van der Waals surface area contributed by atoms with E-state index in [0.717, 1.165) is 48.2 Å². The van der Waals surface area contributed by atoms with E-state index in [1.165, 1.54) is 10.5 Å². The van der Waals surface area contributed by atoms with Crippen LogP contribution >= 0.6 is 43.6 Å². The average molecular weight is 623 g/mol. The minimum Gasteiger partial charge on any atom is -0.487 e. The number of hydrogen-bond donors (Lipinski definition) is 0. The summed E-state index contributed by atoms with van der Waals surface area (Å²) in [6, 6.07) is 25.9. The Bertz CT molecular complexity index is 1490. The van der Waals surface area contributed by atoms with Crippen LogP contribution in [0.4, 0.5) is 4.79 Å². The Morgan fingerprint density at radius 3 is 2.36 bits per heavy atom. The molecular weight excluding hydrogens is 602 g/mol. The van der Waals surface area contributed by atoms with E-state index in [9.17, 15) is 9.59 Å². The van der Waals surface area contributed by atoms with Gasteiger partial charge in [0.05, 0.1) is 20.4 Å². The lowest BCUT2D eigenvalue weighted by Crippen LogP contribution is -2.27. The molecule has 0 radical (unpaired) electrons. The summed E-state index contributed by atoms with van der Waals surface area (Å²) in [7, 11) is 0. The predicted octanol–water partition coefficient (Wildman–Crippen LogP) is 8.49. The number of amides is 2. The van der Waals surface area contributed by atoms with E-state index in [4.69, 9.17) is 4.74 Å². The second kappa shape index (κ2) is 10.6. The van der Waals surface area contributed by atoms with Crippen LogP contribution in [0.3, 0.4) is 0 Å². The van der Waals surface area contributed by atoms with Crippen molar-refractivity contribution in [3.05, 3.63) is 115 Å². The van der Waals surface area contributed by atoms with E-state index in [2.05, 4.69) is 50.9 Å². The standard InChI is InChI=1S/C29H21Br2NO3S/c1-18-9-11-19(12-10-18)17-35-27-24(30)13-20(14-25(27)31)15-26-28(33)32(29(34)36-26)16-22-7-4-6-21-5-2-3-8-23(21)22/h2-15H,16-17H2,1H3/b26-15-. The van der Waals surface area contributed by atoms with Crippen LogP contribution in [-0.2, 0) is 17.9 Å². The maximum Gasteiger partial charge on any atom is 0.293 e. The smallest absolute Gasteiger partial charge is 0.293 e. The van der Waals surface area contributed by atoms with Crippen LogP contribution in [-0.4, -0.2) is 16.0 Å². The Morgan fingerprint density at radius 1 is 0.917 bits per heavy atom. The summed E-state index contributed by atoms with van der Waals surface area (Å²) in [5, 5.41) is 1.85. The molecule has 4 aromatic rings. The van der Waals surface area contributed by atoms with Gasteiger partial charge in [-0.2, -0.15) is 0 Å². The number of benzene rings is 4. The minimum atomic E-state index is -0.287. The number of thioether (sulfide) groups is 1. The molecule has 1 saturated heterocycles. The number of carbonyl (C=O) groups is 2. The molecule has 0 bridgehead atoms. The highest BCUT2D eigenvalue weighted by molar-refractivity contribution is 9.11. The molecule has 0 unspecified atom stereocenters. The second-order valence-corrected chi connectivity index (χ2v) is 11.2. The number of hydrogen-bond acceptors (Lipinski definition) is 4. The second-order valence-electron chi connectivity index (χ2n) is 8.49. The normalized spacial score (nSPS) is 14.8. The van der Waals surface area contributed by atoms with Gasteiger partial charge in [0.15, 0.2) is 0 Å². The van der Waals surface area contributed by atoms with Gasteiger partial charge in [-0.1, -0.05) is 72.3 Å². The van der Waals surface area contributed by atoms with Crippen LogP contribution in [0.5, 0.6) is 5.75 Å². The van der Waals surface area contributed by atoms with Crippen LogP contribution in [0.15, 0.2) is 92.7 Å². The van der Waals surface area contributed by atoms with E-state index in [-0.39, 0.29) is 17.7 Å². The molecule has 180 valence electrons. The van der Waals surface area contributed by atoms with Gasteiger partial charge in [-0.3, -0.25) is 14.5 Å². The van der Waals surface area contributed by atoms with Crippen LogP contribution in [0.1, 0.15) is 22.3 Å². The molecule has 0 spiro atoms. The van der Waals surface area contributed by atoms with Gasteiger partial charge in [0.1, 0.15) is 12.4 Å². The zero-order chi connectivity index (χ0) is 25.2. The van der Waals surface area contributed by atoms with Gasteiger partial charge in [0, 0.05) is 0 Å². The maximum atomic E-state index is 13.1. The molecule has 7 heteroatoms. The van der Waals surface area contributed by atoms with Gasteiger partial charge in [0.25, 0.3) is 11.1 Å². The van der Waals surface area contributed by atoms with Gasteiger partial charge in [-0.05, 0) is 96.2 Å². The summed E-state index contributed by atoms with van der Waals surface area (Å²) >= 11 is 8.13. The molecule has 1 aliphatic heterocycles. The zero-order valence-corrected chi connectivity index (χ0v) is 23.3. The topological polar surface area (TPSA) is 46.6 Å². The number of ether oxygens (including phenoxy) is 1. The van der Waals surface area contributed by atoms with Crippen molar-refractivity contribution in [1.29, 1.82) is 0 Å². The van der Waals surface area contributed by atoms with Gasteiger partial charge < -0.3 is 4.74 Å². The average Bonchev–Trinajstić information content (AvgIpc) is 3.12. The maximum absolute atomic E-state index is 13.1. The minimum absolute atomic E-state index is 0.239. The summed E-state index contributed by atoms with van der Waals surface area (Å²) < 4.78 is 7.54. The predicted molar refractivity (Wildman–Crippen MR) is 153 cm³/mol. The SMILES string of the molecule is Cc1ccc(COc2c(Br)cc(/C=C3\SC(=O)N(Cc4cccc5ccccc45)C3=O)cc2Br)cc1. The van der Waals surface area contributed by atoms with Crippen molar-refractivity contribution in [3.8, 4) is 5.75 Å². The number of halogens is 2. The fourth-order valence-electron chi connectivity index (χ4n) is 4.03. The van der Waals surface area contributed by atoms with E-state index in [1.54, 1.807) is 6.08 Å². The van der Waals surface area contributed by atoms with Gasteiger partial charge >= 0.3 is 0 Å². The van der Waals surface area contributed by atoms with Crippen molar-refractivity contribution >= 4 is 71.6 Å². The van der Waals surface area contributed by atoms with Crippen molar-refractivity contribution < 1.29 is 14.3 Å². The fraction of sp³-hybridized carbons (Fsp3) is 0.103. The number of fused-ring (bicyclic) bond motifs is 1. The fourth-order valence-corrected chi connectivity index (χ4v) is 6.32. The summed E-state index contributed by atoms with van der Waals surface area (Å²) in [5.41, 5.74) is 4.00. The molecule has 0 atom stereocenters. The lowest BCUT2D eigenvalue weighted by molar-refractivity contribution is -0.123. The number of aryl methyl sites for hydroxylation is 1. The first kappa shape index (κ1) is 24.8. The lowest BCUT2D eigenvalue weighted by Gasteiger charge is -2.14. The van der Waals surface area contributed by atoms with E-state index in [0.29, 0.717) is 17.3 Å². The lowest BCUT2D eigenvalue weighted by atomic mass is 10.0. The summed E-state index contributed by atoms with van der Waals surface area (Å²) in [6.45, 7) is 2.72. The Hall–Kier alpha value is -2.87. The molecule has 0 saturated carbocycles. The largest absolute Gasteiger partial charge is 0.487 e. The summed E-state index contributed by atoms with van der Waals surface area (Å²) in [6.07, 6.45) is 1.74. The molecule has 0 aromatic heterocycles. The highest BCUT2D eigenvalue weighted by Gasteiger charge is 2.35. The third-order valence-corrected chi connectivity index (χ3v) is 7.99. The first-order chi connectivity index (χ1) is 17.4. The zero-order valence-electron chi connectivity index (χ0n) is 19.3. The third-order valence-electron chi connectivity index (χ3n) is 5.90. The molecule has 0 N–H and O–H groups in total. The quantitative estimate of drug-likeness (QED) is 0.202. The van der Waals surface area contributed by atoms with E-state index in [1.807, 2.05) is 66.7 Å². The van der Waals surface area contributed by atoms with Crippen LogP contribution in [0.2, 0.25) is 0 Å².